The number of carbonyl (C=O) groups excluding carboxylic acids is 3. The van der Waals surface area contributed by atoms with E-state index < -0.39 is 0 Å². The van der Waals surface area contributed by atoms with Crippen molar-refractivity contribution in [3.05, 3.63) is 37.0 Å². The number of carbonyl (C=O) groups is 3. The van der Waals surface area contributed by atoms with Crippen LogP contribution < -0.4 is 0 Å². The maximum absolute atomic E-state index is 12.3. The van der Waals surface area contributed by atoms with E-state index in [0.717, 1.165) is 18.3 Å². The molecular weight excluding hydrogens is 334 g/mol. The number of hydrogen-bond acceptors (Lipinski definition) is 5. The summed E-state index contributed by atoms with van der Waals surface area (Å²) < 4.78 is 9.19. The lowest BCUT2D eigenvalue weighted by Gasteiger charge is -2.41. The van der Waals surface area contributed by atoms with Crippen LogP contribution in [0.2, 0.25) is 0 Å². The van der Waals surface area contributed by atoms with Gasteiger partial charge >= 0.3 is 6.09 Å². The van der Waals surface area contributed by atoms with Gasteiger partial charge in [-0.1, -0.05) is 52.2 Å². The van der Waals surface area contributed by atoms with Crippen LogP contribution in [0.25, 0.3) is 0 Å². The van der Waals surface area contributed by atoms with Crippen molar-refractivity contribution in [1.29, 1.82) is 0 Å². The molecule has 1 saturated heterocycles. The predicted molar refractivity (Wildman–Crippen MR) is 102 cm³/mol. The van der Waals surface area contributed by atoms with Crippen LogP contribution in [0.15, 0.2) is 37.0 Å². The number of methoxy groups -OCH3 is 1. The number of nitrogens with zero attached hydrogens (tertiary/aromatic N) is 1. The lowest BCUT2D eigenvalue weighted by atomic mass is 9.73. The highest BCUT2D eigenvalue weighted by atomic mass is 16.6. The van der Waals surface area contributed by atoms with E-state index in [9.17, 15) is 9.59 Å². The molecule has 0 spiro atoms. The van der Waals surface area contributed by atoms with Crippen molar-refractivity contribution in [2.24, 2.45) is 17.3 Å². The van der Waals surface area contributed by atoms with E-state index in [-0.39, 0.29) is 30.0 Å². The Bertz CT molecular complexity index is 519. The number of ether oxygens (including phenoxy) is 2. The molecule has 1 fully saturated rings. The Kier molecular flexibility index (Phi) is 11.0. The van der Waals surface area contributed by atoms with Crippen LogP contribution in [-0.2, 0) is 19.1 Å². The second-order valence-corrected chi connectivity index (χ2v) is 7.17. The summed E-state index contributed by atoms with van der Waals surface area (Å²) in [5, 5.41) is 0. The molecule has 6 heteroatoms. The zero-order chi connectivity index (χ0) is 20.2. The maximum atomic E-state index is 12.3. The summed E-state index contributed by atoms with van der Waals surface area (Å²) in [5.74, 6) is 0.166. The highest BCUT2D eigenvalue weighted by Crippen LogP contribution is 2.35. The van der Waals surface area contributed by atoms with E-state index in [0.29, 0.717) is 19.6 Å². The van der Waals surface area contributed by atoms with Gasteiger partial charge in [-0.05, 0) is 23.3 Å². The molecule has 0 radical (unpaired) electrons. The van der Waals surface area contributed by atoms with Gasteiger partial charge in [0, 0.05) is 19.0 Å². The zero-order valence-electron chi connectivity index (χ0n) is 16.3. The Morgan fingerprint density at radius 3 is 2.27 bits per heavy atom. The SMILES string of the molecule is C=C/C=C(\C=C)COC(=O)N1CC(C=O)CC(C(C)(C)C)C1.COC=O. The minimum absolute atomic E-state index is 0.0508. The molecule has 1 amide bonds. The lowest BCUT2D eigenvalue weighted by Crippen LogP contribution is -2.48. The zero-order valence-corrected chi connectivity index (χ0v) is 16.3. The molecule has 2 unspecified atom stereocenters. The Hall–Kier alpha value is -2.37. The second kappa shape index (κ2) is 12.1. The van der Waals surface area contributed by atoms with Crippen molar-refractivity contribution < 1.29 is 23.9 Å². The van der Waals surface area contributed by atoms with Crippen LogP contribution in [0.3, 0.4) is 0 Å². The van der Waals surface area contributed by atoms with Crippen molar-refractivity contribution in [2.45, 2.75) is 27.2 Å². The number of aldehydes is 1. The smallest absolute Gasteiger partial charge is 0.410 e. The molecule has 1 heterocycles. The molecule has 0 saturated carbocycles. The highest BCUT2D eigenvalue weighted by Gasteiger charge is 2.36. The normalized spacial score (nSPS) is 20.2. The van der Waals surface area contributed by atoms with E-state index in [2.05, 4.69) is 38.7 Å². The molecule has 26 heavy (non-hydrogen) atoms. The van der Waals surface area contributed by atoms with Crippen LogP contribution in [-0.4, -0.2) is 50.6 Å². The summed E-state index contributed by atoms with van der Waals surface area (Å²) >= 11 is 0. The number of allylic oxidation sites excluding steroid dienone is 2. The standard InChI is InChI=1S/C18H27NO3.C2H4O2/c1-6-8-14(7-2)13-22-17(21)19-10-15(12-20)9-16(11-19)18(3,4)5;1-4-2-3/h6-8,12,15-16H,1-2,9-11,13H2,3-5H3;2H,1H3/b14-8+;. The summed E-state index contributed by atoms with van der Waals surface area (Å²) in [4.78, 5) is 34.0. The van der Waals surface area contributed by atoms with E-state index in [4.69, 9.17) is 9.53 Å². The third-order valence-corrected chi connectivity index (χ3v) is 4.21. The summed E-state index contributed by atoms with van der Waals surface area (Å²) in [6.45, 7) is 15.3. The van der Waals surface area contributed by atoms with Gasteiger partial charge in [0.15, 0.2) is 0 Å². The van der Waals surface area contributed by atoms with Crippen LogP contribution in [0.1, 0.15) is 27.2 Å². The molecule has 1 aliphatic rings. The molecule has 0 aromatic rings. The molecule has 2 atom stereocenters. The fraction of sp³-hybridized carbons (Fsp3) is 0.550. The molecule has 1 rings (SSSR count). The van der Waals surface area contributed by atoms with E-state index in [1.807, 2.05) is 0 Å². The van der Waals surface area contributed by atoms with Crippen molar-refractivity contribution in [1.82, 2.24) is 4.90 Å². The molecule has 0 aliphatic carbocycles. The molecular formula is C20H31NO5. The number of hydrogen-bond donors (Lipinski definition) is 0. The fourth-order valence-corrected chi connectivity index (χ4v) is 2.58. The van der Waals surface area contributed by atoms with Crippen LogP contribution >= 0.6 is 0 Å². The largest absolute Gasteiger partial charge is 0.471 e. The first-order chi connectivity index (χ1) is 12.2. The first-order valence-corrected chi connectivity index (χ1v) is 8.50. The minimum Gasteiger partial charge on any atom is -0.471 e. The second-order valence-electron chi connectivity index (χ2n) is 7.17. The molecule has 146 valence electrons. The van der Waals surface area contributed by atoms with Crippen molar-refractivity contribution >= 4 is 18.9 Å². The van der Waals surface area contributed by atoms with Crippen LogP contribution in [0.5, 0.6) is 0 Å². The first kappa shape index (κ1) is 23.6. The van der Waals surface area contributed by atoms with Gasteiger partial charge in [0.1, 0.15) is 12.9 Å². The average molecular weight is 365 g/mol. The van der Waals surface area contributed by atoms with Gasteiger partial charge in [0.25, 0.3) is 6.47 Å². The summed E-state index contributed by atoms with van der Waals surface area (Å²) in [6, 6.07) is 0. The Morgan fingerprint density at radius 1 is 1.23 bits per heavy atom. The first-order valence-electron chi connectivity index (χ1n) is 8.50. The maximum Gasteiger partial charge on any atom is 0.410 e. The van der Waals surface area contributed by atoms with E-state index >= 15 is 0 Å². The number of likely N-dealkylation sites (tertiary alicyclic amines) is 1. The third-order valence-electron chi connectivity index (χ3n) is 4.21. The topological polar surface area (TPSA) is 72.9 Å². The van der Waals surface area contributed by atoms with Crippen molar-refractivity contribution in [3.63, 3.8) is 0 Å². The quantitative estimate of drug-likeness (QED) is 0.533. The third kappa shape index (κ3) is 8.65. The lowest BCUT2D eigenvalue weighted by molar-refractivity contribution is -0.126. The summed E-state index contributed by atoms with van der Waals surface area (Å²) in [5.41, 5.74) is 0.842. The van der Waals surface area contributed by atoms with E-state index in [1.165, 1.54) is 7.11 Å². The summed E-state index contributed by atoms with van der Waals surface area (Å²) in [6.07, 6.45) is 6.41. The number of piperidine rings is 1. The van der Waals surface area contributed by atoms with Gasteiger partial charge in [0.2, 0.25) is 0 Å². The van der Waals surface area contributed by atoms with Gasteiger partial charge in [-0.3, -0.25) is 4.79 Å². The Labute approximate surface area is 156 Å². The molecule has 6 nitrogen and oxygen atoms in total. The minimum atomic E-state index is -0.377. The van der Waals surface area contributed by atoms with E-state index in [1.54, 1.807) is 23.1 Å². The highest BCUT2D eigenvalue weighted by molar-refractivity contribution is 5.69. The van der Waals surface area contributed by atoms with Crippen LogP contribution in [0, 0.1) is 17.3 Å². The molecule has 0 aromatic heterocycles. The fourth-order valence-electron chi connectivity index (χ4n) is 2.58. The van der Waals surface area contributed by atoms with Gasteiger partial charge < -0.3 is 19.2 Å². The predicted octanol–water partition coefficient (Wildman–Crippen LogP) is 3.39. The number of rotatable bonds is 6. The van der Waals surface area contributed by atoms with Gasteiger partial charge in [-0.25, -0.2) is 4.79 Å². The molecule has 1 aliphatic heterocycles. The van der Waals surface area contributed by atoms with Gasteiger partial charge in [0.05, 0.1) is 7.11 Å². The van der Waals surface area contributed by atoms with Gasteiger partial charge in [-0.15, -0.1) is 0 Å². The number of amides is 1. The molecule has 0 N–H and O–H groups in total. The van der Waals surface area contributed by atoms with Crippen LogP contribution in [0.4, 0.5) is 4.79 Å². The molecule has 0 aromatic carbocycles. The average Bonchev–Trinajstić information content (AvgIpc) is 2.63. The van der Waals surface area contributed by atoms with Crippen molar-refractivity contribution in [2.75, 3.05) is 26.8 Å². The summed E-state index contributed by atoms with van der Waals surface area (Å²) in [7, 11) is 1.31. The monoisotopic (exact) mass is 365 g/mol. The Balaban J connectivity index is 0.00000141. The van der Waals surface area contributed by atoms with Gasteiger partial charge in [-0.2, -0.15) is 0 Å². The molecule has 0 bridgehead atoms. The van der Waals surface area contributed by atoms with Crippen molar-refractivity contribution in [3.8, 4) is 0 Å². The Morgan fingerprint density at radius 2 is 1.85 bits per heavy atom.